The molecule has 0 unspecified atom stereocenters. The molecule has 1 N–H and O–H groups in total. The van der Waals surface area contributed by atoms with Crippen molar-refractivity contribution in [3.05, 3.63) is 47.9 Å². The van der Waals surface area contributed by atoms with Crippen LogP contribution in [0.4, 0.5) is 20.3 Å². The number of anilines is 2. The summed E-state index contributed by atoms with van der Waals surface area (Å²) >= 11 is 0. The maximum absolute atomic E-state index is 13.6. The Morgan fingerprint density at radius 3 is 2.63 bits per heavy atom. The largest absolute Gasteiger partial charge is 0.357 e. The highest BCUT2D eigenvalue weighted by Gasteiger charge is 2.16. The van der Waals surface area contributed by atoms with Crippen LogP contribution in [-0.2, 0) is 11.3 Å². The minimum atomic E-state index is -0.967. The fourth-order valence-electron chi connectivity index (χ4n) is 3.38. The van der Waals surface area contributed by atoms with Gasteiger partial charge in [-0.1, -0.05) is 0 Å². The summed E-state index contributed by atoms with van der Waals surface area (Å²) in [6.07, 6.45) is 3.96. The molecule has 1 aromatic carbocycles. The molecule has 0 atom stereocenters. The normalized spacial score (nSPS) is 14.1. The lowest BCUT2D eigenvalue weighted by Gasteiger charge is -2.16. The van der Waals surface area contributed by atoms with Crippen LogP contribution in [0.5, 0.6) is 0 Å². The van der Waals surface area contributed by atoms with E-state index in [-0.39, 0.29) is 12.5 Å². The lowest BCUT2D eigenvalue weighted by Crippen LogP contribution is -2.21. The summed E-state index contributed by atoms with van der Waals surface area (Å²) in [4.78, 5) is 23.2. The number of pyridine rings is 1. The van der Waals surface area contributed by atoms with Crippen molar-refractivity contribution in [2.75, 3.05) is 23.3 Å². The van der Waals surface area contributed by atoms with Crippen molar-refractivity contribution in [1.82, 2.24) is 14.5 Å². The van der Waals surface area contributed by atoms with Gasteiger partial charge >= 0.3 is 0 Å². The van der Waals surface area contributed by atoms with Gasteiger partial charge in [-0.25, -0.2) is 18.7 Å². The maximum Gasteiger partial charge on any atom is 0.244 e. The van der Waals surface area contributed by atoms with Gasteiger partial charge in [-0.3, -0.25) is 4.79 Å². The number of nitrogens with zero attached hydrogens (tertiary/aromatic N) is 4. The Kier molecular flexibility index (Phi) is 4.47. The molecular formula is C19H19F2N5O. The first-order chi connectivity index (χ1) is 13.0. The number of imidazole rings is 1. The van der Waals surface area contributed by atoms with Gasteiger partial charge in [0.15, 0.2) is 11.6 Å². The van der Waals surface area contributed by atoms with Gasteiger partial charge in [0.2, 0.25) is 5.91 Å². The van der Waals surface area contributed by atoms with Crippen LogP contribution in [0, 0.1) is 18.6 Å². The zero-order chi connectivity index (χ0) is 19.0. The van der Waals surface area contributed by atoms with E-state index in [4.69, 9.17) is 0 Å². The van der Waals surface area contributed by atoms with E-state index in [1.165, 1.54) is 12.8 Å². The predicted octanol–water partition coefficient (Wildman–Crippen LogP) is 3.26. The Morgan fingerprint density at radius 1 is 1.19 bits per heavy atom. The summed E-state index contributed by atoms with van der Waals surface area (Å²) in [5.41, 5.74) is 1.28. The van der Waals surface area contributed by atoms with Crippen molar-refractivity contribution < 1.29 is 13.6 Å². The highest BCUT2D eigenvalue weighted by atomic mass is 19.2. The quantitative estimate of drug-likeness (QED) is 0.765. The van der Waals surface area contributed by atoms with Crippen molar-refractivity contribution in [3.63, 3.8) is 0 Å². The van der Waals surface area contributed by atoms with Crippen molar-refractivity contribution in [1.29, 1.82) is 0 Å². The summed E-state index contributed by atoms with van der Waals surface area (Å²) in [6.45, 7) is 3.64. The summed E-state index contributed by atoms with van der Waals surface area (Å²) in [5, 5.41) is 2.78. The lowest BCUT2D eigenvalue weighted by atomic mass is 10.3. The Balaban J connectivity index is 1.48. The maximum atomic E-state index is 13.6. The second-order valence-electron chi connectivity index (χ2n) is 6.65. The second kappa shape index (κ2) is 6.94. The minimum Gasteiger partial charge on any atom is -0.357 e. The van der Waals surface area contributed by atoms with E-state index in [1.54, 1.807) is 17.7 Å². The lowest BCUT2D eigenvalue weighted by molar-refractivity contribution is -0.116. The molecule has 0 aliphatic carbocycles. The number of hydrogen-bond acceptors (Lipinski definition) is 4. The van der Waals surface area contributed by atoms with Gasteiger partial charge in [0.25, 0.3) is 0 Å². The third kappa shape index (κ3) is 3.47. The number of hydrogen-bond donors (Lipinski definition) is 1. The first kappa shape index (κ1) is 17.4. The predicted molar refractivity (Wildman–Crippen MR) is 98.7 cm³/mol. The number of aromatic nitrogens is 3. The van der Waals surface area contributed by atoms with E-state index in [9.17, 15) is 13.6 Å². The summed E-state index contributed by atoms with van der Waals surface area (Å²) in [7, 11) is 0. The van der Waals surface area contributed by atoms with Crippen LogP contribution in [0.3, 0.4) is 0 Å². The number of fused-ring (bicyclic) bond motifs is 1. The van der Waals surface area contributed by atoms with Crippen LogP contribution >= 0.6 is 0 Å². The standard InChI is InChI=1S/C19H19F2N5O/c1-12-23-16-8-14(20)15(21)9-17(16)26(12)11-19(27)24-13-4-5-18(22-10-13)25-6-2-3-7-25/h4-5,8-10H,2-3,6-7,11H2,1H3,(H,24,27). The Bertz CT molecular complexity index is 993. The average molecular weight is 371 g/mol. The molecule has 1 fully saturated rings. The molecule has 3 heterocycles. The minimum absolute atomic E-state index is 0.0543. The van der Waals surface area contributed by atoms with Crippen molar-refractivity contribution in [3.8, 4) is 0 Å². The van der Waals surface area contributed by atoms with E-state index < -0.39 is 11.6 Å². The molecule has 0 saturated carbocycles. The third-order valence-electron chi connectivity index (χ3n) is 4.74. The van der Waals surface area contributed by atoms with Gasteiger partial charge in [0.1, 0.15) is 18.2 Å². The Hall–Kier alpha value is -3.03. The molecule has 1 saturated heterocycles. The number of carbonyl (C=O) groups excluding carboxylic acids is 1. The van der Waals surface area contributed by atoms with Crippen molar-refractivity contribution >= 4 is 28.4 Å². The number of rotatable bonds is 4. The van der Waals surface area contributed by atoms with E-state index in [1.807, 2.05) is 12.1 Å². The molecule has 140 valence electrons. The number of aryl methyl sites for hydroxylation is 1. The monoisotopic (exact) mass is 371 g/mol. The highest BCUT2D eigenvalue weighted by molar-refractivity contribution is 5.91. The van der Waals surface area contributed by atoms with E-state index >= 15 is 0 Å². The first-order valence-corrected chi connectivity index (χ1v) is 8.84. The van der Waals surface area contributed by atoms with E-state index in [0.29, 0.717) is 22.5 Å². The van der Waals surface area contributed by atoms with Crippen LogP contribution < -0.4 is 10.2 Å². The van der Waals surface area contributed by atoms with Crippen LogP contribution in [0.25, 0.3) is 11.0 Å². The number of halogens is 2. The number of nitrogens with one attached hydrogen (secondary N) is 1. The molecule has 1 aliphatic rings. The first-order valence-electron chi connectivity index (χ1n) is 8.84. The molecule has 0 spiro atoms. The van der Waals surface area contributed by atoms with Crippen LogP contribution in [0.15, 0.2) is 30.5 Å². The van der Waals surface area contributed by atoms with Gasteiger partial charge < -0.3 is 14.8 Å². The molecule has 4 rings (SSSR count). The van der Waals surface area contributed by atoms with E-state index in [0.717, 1.165) is 31.0 Å². The van der Waals surface area contributed by atoms with Crippen molar-refractivity contribution in [2.24, 2.45) is 0 Å². The van der Waals surface area contributed by atoms with E-state index in [2.05, 4.69) is 20.2 Å². The summed E-state index contributed by atoms with van der Waals surface area (Å²) in [6, 6.07) is 5.79. The second-order valence-corrected chi connectivity index (χ2v) is 6.65. The van der Waals surface area contributed by atoms with Gasteiger partial charge in [-0.15, -0.1) is 0 Å². The molecule has 8 heteroatoms. The fraction of sp³-hybridized carbons (Fsp3) is 0.316. The average Bonchev–Trinajstić information content (AvgIpc) is 3.26. The van der Waals surface area contributed by atoms with Crippen molar-refractivity contribution in [2.45, 2.75) is 26.3 Å². The van der Waals surface area contributed by atoms with Gasteiger partial charge in [-0.05, 0) is 31.9 Å². The van der Waals surface area contributed by atoms with Crippen LogP contribution in [0.1, 0.15) is 18.7 Å². The SMILES string of the molecule is Cc1nc2cc(F)c(F)cc2n1CC(=O)Nc1ccc(N2CCCC2)nc1. The third-order valence-corrected chi connectivity index (χ3v) is 4.74. The Morgan fingerprint density at radius 2 is 1.93 bits per heavy atom. The van der Waals surface area contributed by atoms with Gasteiger partial charge in [0, 0.05) is 25.2 Å². The molecule has 1 aliphatic heterocycles. The highest BCUT2D eigenvalue weighted by Crippen LogP contribution is 2.21. The zero-order valence-electron chi connectivity index (χ0n) is 14.9. The zero-order valence-corrected chi connectivity index (χ0v) is 14.9. The topological polar surface area (TPSA) is 63.1 Å². The molecule has 0 bridgehead atoms. The number of amides is 1. The number of carbonyl (C=O) groups is 1. The smallest absolute Gasteiger partial charge is 0.244 e. The van der Waals surface area contributed by atoms with Crippen LogP contribution in [-0.4, -0.2) is 33.5 Å². The molecular weight excluding hydrogens is 352 g/mol. The molecule has 6 nitrogen and oxygen atoms in total. The van der Waals surface area contributed by atoms with Crippen LogP contribution in [0.2, 0.25) is 0 Å². The molecule has 27 heavy (non-hydrogen) atoms. The molecule has 0 radical (unpaired) electrons. The van der Waals surface area contributed by atoms with Gasteiger partial charge in [0.05, 0.1) is 22.9 Å². The van der Waals surface area contributed by atoms with Gasteiger partial charge in [-0.2, -0.15) is 0 Å². The summed E-state index contributed by atoms with van der Waals surface area (Å²) in [5.74, 6) is -0.809. The fourth-order valence-corrected chi connectivity index (χ4v) is 3.38. The molecule has 3 aromatic rings. The Labute approximate surface area is 154 Å². The molecule has 2 aromatic heterocycles. The summed E-state index contributed by atoms with van der Waals surface area (Å²) < 4.78 is 28.5. The molecule has 1 amide bonds. The number of benzene rings is 1.